The molecule has 43 heavy (non-hydrogen) atoms. The SMILES string of the molecule is CCC1=C(C(C(=O)NC2CNCC(F)C2N2CCC(C)(C(=O)N3CCN(C)CC3)CC2)C(N)N)N2CCC1/C=C\C(F)C2. The van der Waals surface area contributed by atoms with Gasteiger partial charge >= 0.3 is 0 Å². The summed E-state index contributed by atoms with van der Waals surface area (Å²) in [5.74, 6) is -0.984. The molecule has 10 nitrogen and oxygen atoms in total. The third-order valence-corrected chi connectivity index (χ3v) is 10.6. The van der Waals surface area contributed by atoms with E-state index in [1.54, 1.807) is 6.08 Å². The van der Waals surface area contributed by atoms with Crippen molar-refractivity contribution < 1.29 is 18.4 Å². The number of likely N-dealkylation sites (N-methyl/N-ethyl adjacent to an activating group) is 1. The number of allylic oxidation sites excluding steroid dienone is 2. The maximum atomic E-state index is 15.7. The quantitative estimate of drug-likeness (QED) is 0.243. The van der Waals surface area contributed by atoms with E-state index in [0.29, 0.717) is 45.4 Å². The summed E-state index contributed by atoms with van der Waals surface area (Å²) in [6.45, 7) is 9.88. The lowest BCUT2D eigenvalue weighted by Crippen LogP contribution is -2.67. The molecule has 6 aliphatic rings. The molecule has 6 heterocycles. The molecule has 0 aliphatic carbocycles. The number of nitrogens with one attached hydrogen (secondary N) is 2. The summed E-state index contributed by atoms with van der Waals surface area (Å²) in [6, 6.07) is -1.04. The predicted octanol–water partition coefficient (Wildman–Crippen LogP) is 0.411. The molecule has 2 bridgehead atoms. The Balaban J connectivity index is 1.30. The Hall–Kier alpha value is -2.12. The van der Waals surface area contributed by atoms with Crippen molar-refractivity contribution >= 4 is 11.8 Å². The minimum atomic E-state index is -1.19. The van der Waals surface area contributed by atoms with Gasteiger partial charge in [-0.3, -0.25) is 14.5 Å². The number of fused-ring (bicyclic) bond motifs is 3. The van der Waals surface area contributed by atoms with Gasteiger partial charge in [-0.2, -0.15) is 0 Å². The maximum absolute atomic E-state index is 15.7. The van der Waals surface area contributed by atoms with Gasteiger partial charge in [0.2, 0.25) is 11.8 Å². The van der Waals surface area contributed by atoms with E-state index >= 15 is 4.39 Å². The molecule has 6 atom stereocenters. The summed E-state index contributed by atoms with van der Waals surface area (Å²) < 4.78 is 30.3. The predicted molar refractivity (Wildman–Crippen MR) is 163 cm³/mol. The number of amides is 2. The van der Waals surface area contributed by atoms with E-state index in [1.165, 1.54) is 0 Å². The summed E-state index contributed by atoms with van der Waals surface area (Å²) in [5.41, 5.74) is 13.9. The standard InChI is InChI=1S/C31H52F2N8O2/c1-4-22-20-5-6-21(32)19-41(10-7-20)26(22)25(28(34)35)29(42)37-24-18-36-17-23(33)27(24)39-11-8-31(2,9-12-39)30(43)40-15-13-38(3)14-16-40/h5-6,20-21,23-25,27-28,36H,4,7-19,34-35H2,1-3H3,(H,37,42)/b6-5-. The monoisotopic (exact) mass is 606 g/mol. The number of hydrogen-bond donors (Lipinski definition) is 4. The smallest absolute Gasteiger partial charge is 0.232 e. The van der Waals surface area contributed by atoms with Gasteiger partial charge in [0.1, 0.15) is 18.3 Å². The van der Waals surface area contributed by atoms with Crippen molar-refractivity contribution in [3.05, 3.63) is 23.4 Å². The summed E-state index contributed by atoms with van der Waals surface area (Å²) >= 11 is 0. The number of piperazine rings is 1. The van der Waals surface area contributed by atoms with Gasteiger partial charge in [0.15, 0.2) is 0 Å². The van der Waals surface area contributed by atoms with Crippen LogP contribution < -0.4 is 22.1 Å². The molecule has 0 saturated carbocycles. The topological polar surface area (TPSA) is 123 Å². The number of alkyl halides is 2. The van der Waals surface area contributed by atoms with Gasteiger partial charge in [-0.15, -0.1) is 0 Å². The zero-order chi connectivity index (χ0) is 30.9. The number of carbonyl (C=O) groups excluding carboxylic acids is 2. The second-order valence-corrected chi connectivity index (χ2v) is 13.5. The molecule has 12 heteroatoms. The lowest BCUT2D eigenvalue weighted by atomic mass is 9.77. The van der Waals surface area contributed by atoms with Crippen LogP contribution in [0.4, 0.5) is 8.78 Å². The molecule has 6 aliphatic heterocycles. The molecule has 6 rings (SSSR count). The molecule has 6 unspecified atom stereocenters. The number of likely N-dealkylation sites (tertiary alicyclic amines) is 1. The zero-order valence-electron chi connectivity index (χ0n) is 26.1. The van der Waals surface area contributed by atoms with Crippen molar-refractivity contribution in [2.75, 3.05) is 72.5 Å². The molecule has 3 fully saturated rings. The summed E-state index contributed by atoms with van der Waals surface area (Å²) in [7, 11) is 2.07. The first-order valence-electron chi connectivity index (χ1n) is 16.2. The van der Waals surface area contributed by atoms with Crippen LogP contribution in [-0.4, -0.2) is 135 Å². The van der Waals surface area contributed by atoms with Crippen molar-refractivity contribution in [3.8, 4) is 0 Å². The Morgan fingerprint density at radius 1 is 1.07 bits per heavy atom. The first-order chi connectivity index (χ1) is 20.5. The minimum Gasteiger partial charge on any atom is -0.371 e. The number of nitrogens with zero attached hydrogens (tertiary/aromatic N) is 4. The zero-order valence-corrected chi connectivity index (χ0v) is 26.1. The fraction of sp³-hybridized carbons (Fsp3) is 0.806. The highest BCUT2D eigenvalue weighted by Crippen LogP contribution is 2.38. The van der Waals surface area contributed by atoms with Crippen molar-refractivity contribution in [1.82, 2.24) is 30.2 Å². The van der Waals surface area contributed by atoms with Crippen LogP contribution in [-0.2, 0) is 9.59 Å². The molecular formula is C31H52F2N8O2. The van der Waals surface area contributed by atoms with Gasteiger partial charge < -0.3 is 36.8 Å². The lowest BCUT2D eigenvalue weighted by Gasteiger charge is -2.48. The first kappa shape index (κ1) is 32.3. The highest BCUT2D eigenvalue weighted by Gasteiger charge is 2.46. The molecule has 0 spiro atoms. The molecule has 242 valence electrons. The van der Waals surface area contributed by atoms with Crippen LogP contribution in [0, 0.1) is 17.3 Å². The number of halogens is 2. The highest BCUT2D eigenvalue weighted by molar-refractivity contribution is 5.83. The van der Waals surface area contributed by atoms with Crippen LogP contribution in [0.3, 0.4) is 0 Å². The van der Waals surface area contributed by atoms with Crippen LogP contribution in [0.1, 0.15) is 39.5 Å². The normalized spacial score (nSPS) is 33.7. The van der Waals surface area contributed by atoms with E-state index in [-0.39, 0.29) is 30.8 Å². The van der Waals surface area contributed by atoms with E-state index in [0.717, 1.165) is 43.9 Å². The molecule has 0 radical (unpaired) electrons. The average molecular weight is 607 g/mol. The maximum Gasteiger partial charge on any atom is 0.232 e. The number of hydrogen-bond acceptors (Lipinski definition) is 8. The molecule has 0 aromatic carbocycles. The van der Waals surface area contributed by atoms with Crippen LogP contribution in [0.25, 0.3) is 0 Å². The Morgan fingerprint density at radius 3 is 2.42 bits per heavy atom. The van der Waals surface area contributed by atoms with Gasteiger partial charge in [0.05, 0.1) is 24.8 Å². The summed E-state index contributed by atoms with van der Waals surface area (Å²) in [6.07, 6.45) is 3.06. The van der Waals surface area contributed by atoms with Crippen molar-refractivity contribution in [1.29, 1.82) is 0 Å². The largest absolute Gasteiger partial charge is 0.371 e. The molecule has 3 saturated heterocycles. The van der Waals surface area contributed by atoms with Crippen molar-refractivity contribution in [3.63, 3.8) is 0 Å². The van der Waals surface area contributed by atoms with Crippen LogP contribution in [0.2, 0.25) is 0 Å². The Kier molecular flexibility index (Phi) is 10.1. The van der Waals surface area contributed by atoms with E-state index in [4.69, 9.17) is 11.5 Å². The van der Waals surface area contributed by atoms with Gasteiger partial charge in [-0.25, -0.2) is 8.78 Å². The van der Waals surface area contributed by atoms with Crippen LogP contribution >= 0.6 is 0 Å². The second kappa shape index (κ2) is 13.5. The fourth-order valence-corrected chi connectivity index (χ4v) is 7.91. The molecule has 0 aromatic rings. The Morgan fingerprint density at radius 2 is 1.77 bits per heavy atom. The van der Waals surface area contributed by atoms with Crippen LogP contribution in [0.5, 0.6) is 0 Å². The molecule has 2 amide bonds. The molecule has 0 aromatic heterocycles. The summed E-state index contributed by atoms with van der Waals surface area (Å²) in [5, 5.41) is 6.26. The van der Waals surface area contributed by atoms with E-state index < -0.39 is 41.9 Å². The first-order valence-corrected chi connectivity index (χ1v) is 16.2. The summed E-state index contributed by atoms with van der Waals surface area (Å²) in [4.78, 5) is 35.8. The Bertz CT molecular complexity index is 1070. The second-order valence-electron chi connectivity index (χ2n) is 13.5. The van der Waals surface area contributed by atoms with Gasteiger partial charge in [-0.1, -0.05) is 26.0 Å². The van der Waals surface area contributed by atoms with Gasteiger partial charge in [0.25, 0.3) is 0 Å². The van der Waals surface area contributed by atoms with Gasteiger partial charge in [0, 0.05) is 62.8 Å². The molecule has 6 N–H and O–H groups in total. The third kappa shape index (κ3) is 6.78. The van der Waals surface area contributed by atoms with Crippen molar-refractivity contribution in [2.24, 2.45) is 28.7 Å². The number of carbonyl (C=O) groups is 2. The minimum absolute atomic E-state index is 0.0411. The fourth-order valence-electron chi connectivity index (χ4n) is 7.91. The lowest BCUT2D eigenvalue weighted by molar-refractivity contribution is -0.146. The Labute approximate surface area is 255 Å². The van der Waals surface area contributed by atoms with Crippen LogP contribution in [0.15, 0.2) is 23.4 Å². The van der Waals surface area contributed by atoms with Crippen molar-refractivity contribution in [2.45, 2.75) is 70.1 Å². The molecular weight excluding hydrogens is 554 g/mol. The number of rotatable bonds is 7. The van der Waals surface area contributed by atoms with E-state index in [1.807, 2.05) is 29.7 Å². The van der Waals surface area contributed by atoms with E-state index in [2.05, 4.69) is 27.5 Å². The third-order valence-electron chi connectivity index (χ3n) is 10.6. The highest BCUT2D eigenvalue weighted by atomic mass is 19.1. The van der Waals surface area contributed by atoms with E-state index in [9.17, 15) is 14.0 Å². The number of nitrogens with two attached hydrogens (primary N) is 2. The number of piperidine rings is 2. The van der Waals surface area contributed by atoms with Gasteiger partial charge in [-0.05, 0) is 51.4 Å². The average Bonchev–Trinajstić information content (AvgIpc) is 2.96.